The molecule has 2 amide bonds. The van der Waals surface area contributed by atoms with Crippen molar-refractivity contribution in [3.8, 4) is 0 Å². The van der Waals surface area contributed by atoms with Crippen LogP contribution in [0.2, 0.25) is 0 Å². The molecule has 0 fully saturated rings. The van der Waals surface area contributed by atoms with E-state index in [4.69, 9.17) is 4.42 Å². The SMILES string of the molecule is CC(C)C[C@@H](C)N(C)C(=O)CNC(=O)c1ccc(Br)o1. The van der Waals surface area contributed by atoms with E-state index in [9.17, 15) is 9.59 Å². The van der Waals surface area contributed by atoms with Gasteiger partial charge >= 0.3 is 0 Å². The smallest absolute Gasteiger partial charge is 0.287 e. The van der Waals surface area contributed by atoms with Crippen molar-refractivity contribution >= 4 is 27.7 Å². The number of halogens is 1. The summed E-state index contributed by atoms with van der Waals surface area (Å²) in [6.45, 7) is 6.20. The maximum Gasteiger partial charge on any atom is 0.287 e. The van der Waals surface area contributed by atoms with Crippen LogP contribution in [0.4, 0.5) is 0 Å². The van der Waals surface area contributed by atoms with Crippen LogP contribution in [0.25, 0.3) is 0 Å². The first-order valence-electron chi connectivity index (χ1n) is 6.60. The largest absolute Gasteiger partial charge is 0.444 e. The van der Waals surface area contributed by atoms with Crippen LogP contribution in [0, 0.1) is 5.92 Å². The third-order valence-corrected chi connectivity index (χ3v) is 3.49. The zero-order valence-corrected chi connectivity index (χ0v) is 13.9. The van der Waals surface area contributed by atoms with Gasteiger partial charge in [0, 0.05) is 13.1 Å². The van der Waals surface area contributed by atoms with E-state index in [0.717, 1.165) is 6.42 Å². The summed E-state index contributed by atoms with van der Waals surface area (Å²) in [5.74, 6) is 0.198. The molecular formula is C14H21BrN2O3. The minimum Gasteiger partial charge on any atom is -0.444 e. The second kappa shape index (κ2) is 7.47. The highest BCUT2D eigenvalue weighted by molar-refractivity contribution is 9.10. The number of rotatable bonds is 6. The Morgan fingerprint density at radius 2 is 2.00 bits per heavy atom. The second-order valence-electron chi connectivity index (χ2n) is 5.27. The fraction of sp³-hybridized carbons (Fsp3) is 0.571. The predicted octanol–water partition coefficient (Wildman–Crippen LogP) is 2.66. The average Bonchev–Trinajstić information content (AvgIpc) is 2.80. The summed E-state index contributed by atoms with van der Waals surface area (Å²) < 4.78 is 5.60. The molecule has 0 radical (unpaired) electrons. The zero-order valence-electron chi connectivity index (χ0n) is 12.3. The minimum atomic E-state index is -0.394. The summed E-state index contributed by atoms with van der Waals surface area (Å²) in [5, 5.41) is 2.56. The molecule has 6 heteroatoms. The highest BCUT2D eigenvalue weighted by atomic mass is 79.9. The number of hydrogen-bond donors (Lipinski definition) is 1. The number of furan rings is 1. The number of carbonyl (C=O) groups excluding carboxylic acids is 2. The Morgan fingerprint density at radius 1 is 1.35 bits per heavy atom. The fourth-order valence-corrected chi connectivity index (χ4v) is 2.20. The number of hydrogen-bond acceptors (Lipinski definition) is 3. The Labute approximate surface area is 127 Å². The van der Waals surface area contributed by atoms with Crippen molar-refractivity contribution in [3.63, 3.8) is 0 Å². The molecule has 0 unspecified atom stereocenters. The Bertz CT molecular complexity index is 471. The van der Waals surface area contributed by atoms with Crippen molar-refractivity contribution in [1.29, 1.82) is 0 Å². The van der Waals surface area contributed by atoms with Crippen molar-refractivity contribution in [3.05, 3.63) is 22.6 Å². The van der Waals surface area contributed by atoms with Crippen molar-refractivity contribution in [1.82, 2.24) is 10.2 Å². The van der Waals surface area contributed by atoms with Crippen LogP contribution in [-0.4, -0.2) is 36.3 Å². The lowest BCUT2D eigenvalue weighted by molar-refractivity contribution is -0.130. The third-order valence-electron chi connectivity index (χ3n) is 3.06. The van der Waals surface area contributed by atoms with Crippen LogP contribution in [0.15, 0.2) is 21.2 Å². The van der Waals surface area contributed by atoms with Crippen molar-refractivity contribution in [2.24, 2.45) is 5.92 Å². The Balaban J connectivity index is 2.44. The lowest BCUT2D eigenvalue weighted by atomic mass is 10.0. The third kappa shape index (κ3) is 5.00. The van der Waals surface area contributed by atoms with Crippen LogP contribution in [0.3, 0.4) is 0 Å². The molecule has 0 spiro atoms. The highest BCUT2D eigenvalue weighted by Gasteiger charge is 2.18. The molecule has 1 rings (SSSR count). The minimum absolute atomic E-state index is 0.0317. The van der Waals surface area contributed by atoms with Gasteiger partial charge in [0.1, 0.15) is 0 Å². The molecule has 1 heterocycles. The van der Waals surface area contributed by atoms with Crippen LogP contribution in [0.5, 0.6) is 0 Å². The molecule has 20 heavy (non-hydrogen) atoms. The monoisotopic (exact) mass is 344 g/mol. The first kappa shape index (κ1) is 16.8. The van der Waals surface area contributed by atoms with Crippen molar-refractivity contribution < 1.29 is 14.0 Å². The van der Waals surface area contributed by atoms with Gasteiger partial charge in [0.15, 0.2) is 10.4 Å². The quantitative estimate of drug-likeness (QED) is 0.862. The molecule has 112 valence electrons. The number of likely N-dealkylation sites (N-methyl/N-ethyl adjacent to an activating group) is 1. The molecule has 0 aromatic carbocycles. The van der Waals surface area contributed by atoms with Crippen molar-refractivity contribution in [2.75, 3.05) is 13.6 Å². The predicted molar refractivity (Wildman–Crippen MR) is 80.4 cm³/mol. The van der Waals surface area contributed by atoms with Crippen LogP contribution >= 0.6 is 15.9 Å². The van der Waals surface area contributed by atoms with E-state index >= 15 is 0 Å². The molecule has 0 saturated carbocycles. The average molecular weight is 345 g/mol. The standard InChI is InChI=1S/C14H21BrN2O3/c1-9(2)7-10(3)17(4)13(18)8-16-14(19)11-5-6-12(15)20-11/h5-6,9-10H,7-8H2,1-4H3,(H,16,19)/t10-/m1/s1. The molecule has 0 saturated heterocycles. The van der Waals surface area contributed by atoms with Crippen molar-refractivity contribution in [2.45, 2.75) is 33.2 Å². The van der Waals surface area contributed by atoms with Gasteiger partial charge in [-0.1, -0.05) is 13.8 Å². The lowest BCUT2D eigenvalue weighted by Gasteiger charge is -2.26. The Hall–Kier alpha value is -1.30. The van der Waals surface area contributed by atoms with Gasteiger partial charge < -0.3 is 14.6 Å². The maximum absolute atomic E-state index is 12.0. The maximum atomic E-state index is 12.0. The van der Waals surface area contributed by atoms with E-state index in [2.05, 4.69) is 35.1 Å². The van der Waals surface area contributed by atoms with Gasteiger partial charge in [0.2, 0.25) is 5.91 Å². The van der Waals surface area contributed by atoms with Gasteiger partial charge in [-0.2, -0.15) is 0 Å². The molecule has 1 aromatic rings. The fourth-order valence-electron chi connectivity index (χ4n) is 1.89. The van der Waals surface area contributed by atoms with Crippen LogP contribution in [-0.2, 0) is 4.79 Å². The number of nitrogens with one attached hydrogen (secondary N) is 1. The summed E-state index contributed by atoms with van der Waals surface area (Å²) in [6.07, 6.45) is 0.932. The van der Waals surface area contributed by atoms with E-state index in [1.54, 1.807) is 24.1 Å². The summed E-state index contributed by atoms with van der Waals surface area (Å²) in [6, 6.07) is 3.33. The normalized spacial score (nSPS) is 12.3. The topological polar surface area (TPSA) is 62.6 Å². The molecule has 5 nitrogen and oxygen atoms in total. The molecule has 1 aromatic heterocycles. The summed E-state index contributed by atoms with van der Waals surface area (Å²) in [7, 11) is 1.75. The van der Waals surface area contributed by atoms with Gasteiger partial charge in [-0.25, -0.2) is 0 Å². The summed E-state index contributed by atoms with van der Waals surface area (Å²) in [4.78, 5) is 25.4. The van der Waals surface area contributed by atoms with Gasteiger partial charge in [0.05, 0.1) is 6.54 Å². The van der Waals surface area contributed by atoms with Crippen LogP contribution < -0.4 is 5.32 Å². The van der Waals surface area contributed by atoms with Gasteiger partial charge in [-0.05, 0) is 47.3 Å². The number of amides is 2. The zero-order chi connectivity index (χ0) is 15.3. The van der Waals surface area contributed by atoms with E-state index in [-0.39, 0.29) is 24.3 Å². The van der Waals surface area contributed by atoms with Gasteiger partial charge in [-0.15, -0.1) is 0 Å². The van der Waals surface area contributed by atoms with E-state index < -0.39 is 5.91 Å². The van der Waals surface area contributed by atoms with Gasteiger partial charge in [-0.3, -0.25) is 9.59 Å². The first-order chi connectivity index (χ1) is 9.31. The molecular weight excluding hydrogens is 324 g/mol. The Morgan fingerprint density at radius 3 is 2.50 bits per heavy atom. The van der Waals surface area contributed by atoms with Gasteiger partial charge in [0.25, 0.3) is 5.91 Å². The number of carbonyl (C=O) groups is 2. The summed E-state index contributed by atoms with van der Waals surface area (Å²) in [5.41, 5.74) is 0. The molecule has 0 aliphatic rings. The molecule has 0 bridgehead atoms. The van der Waals surface area contributed by atoms with Crippen LogP contribution in [0.1, 0.15) is 37.7 Å². The molecule has 0 aliphatic carbocycles. The molecule has 0 aliphatic heterocycles. The highest BCUT2D eigenvalue weighted by Crippen LogP contribution is 2.13. The van der Waals surface area contributed by atoms with E-state index in [1.165, 1.54) is 0 Å². The Kier molecular flexibility index (Phi) is 6.26. The number of nitrogens with zero attached hydrogens (tertiary/aromatic N) is 1. The van der Waals surface area contributed by atoms with E-state index in [0.29, 0.717) is 10.6 Å². The molecule has 1 N–H and O–H groups in total. The summed E-state index contributed by atoms with van der Waals surface area (Å²) >= 11 is 3.12. The lowest BCUT2D eigenvalue weighted by Crippen LogP contribution is -2.42. The first-order valence-corrected chi connectivity index (χ1v) is 7.39. The van der Waals surface area contributed by atoms with E-state index in [1.807, 2.05) is 6.92 Å². The molecule has 1 atom stereocenters. The second-order valence-corrected chi connectivity index (χ2v) is 6.05.